The maximum absolute atomic E-state index is 11.8. The molecule has 1 N–H and O–H groups in total. The van der Waals surface area contributed by atoms with Gasteiger partial charge >= 0.3 is 7.60 Å². The molecule has 1 heterocycles. The number of hydrogen-bond donors (Lipinski definition) is 1. The lowest BCUT2D eigenvalue weighted by Gasteiger charge is -2.10. The van der Waals surface area contributed by atoms with E-state index in [0.717, 1.165) is 16.5 Å². The average Bonchev–Trinajstić information content (AvgIpc) is 2.80. The van der Waals surface area contributed by atoms with Crippen LogP contribution in [0.4, 0.5) is 0 Å². The van der Waals surface area contributed by atoms with Crippen molar-refractivity contribution in [2.24, 2.45) is 0 Å². The first kappa shape index (κ1) is 14.0. The van der Waals surface area contributed by atoms with Crippen molar-refractivity contribution in [3.8, 4) is 0 Å². The van der Waals surface area contributed by atoms with Crippen molar-refractivity contribution in [2.45, 2.75) is 6.42 Å². The molecule has 1 aromatic carbocycles. The fourth-order valence-corrected chi connectivity index (χ4v) is 2.27. The molecule has 0 bridgehead atoms. The Bertz CT molecular complexity index is 634. The molecule has 0 aliphatic rings. The zero-order valence-corrected chi connectivity index (χ0v) is 11.8. The molecule has 0 aliphatic carbocycles. The summed E-state index contributed by atoms with van der Waals surface area (Å²) in [6, 6.07) is 7.76. The van der Waals surface area contributed by atoms with Crippen LogP contribution >= 0.6 is 7.60 Å². The molecule has 2 rings (SSSR count). The molecule has 19 heavy (non-hydrogen) atoms. The van der Waals surface area contributed by atoms with E-state index in [1.807, 2.05) is 30.5 Å². The quantitative estimate of drug-likeness (QED) is 0.827. The number of aromatic amines is 1. The van der Waals surface area contributed by atoms with Crippen LogP contribution < -0.4 is 0 Å². The lowest BCUT2D eigenvalue weighted by atomic mass is 10.1. The van der Waals surface area contributed by atoms with E-state index in [2.05, 4.69) is 9.51 Å². The van der Waals surface area contributed by atoms with Crippen molar-refractivity contribution in [3.63, 3.8) is 0 Å². The van der Waals surface area contributed by atoms with E-state index in [-0.39, 0.29) is 18.8 Å². The van der Waals surface area contributed by atoms with Crippen molar-refractivity contribution >= 4 is 24.3 Å². The fraction of sp³-hybridized carbons (Fsp3) is 0.308. The van der Waals surface area contributed by atoms with Crippen LogP contribution in [-0.4, -0.2) is 31.1 Å². The van der Waals surface area contributed by atoms with Gasteiger partial charge in [-0.15, -0.1) is 0 Å². The number of aromatic nitrogens is 1. The Kier molecular flexibility index (Phi) is 4.20. The molecule has 5 nitrogen and oxygen atoms in total. The van der Waals surface area contributed by atoms with Gasteiger partial charge in [0.2, 0.25) is 0 Å². The average molecular weight is 281 g/mol. The summed E-state index contributed by atoms with van der Waals surface area (Å²) in [5.74, 6) is -0.135. The highest BCUT2D eigenvalue weighted by Gasteiger charge is 2.17. The number of ketones is 1. The summed E-state index contributed by atoms with van der Waals surface area (Å²) in [6.07, 6.45) is 2.05. The molecule has 0 fully saturated rings. The second-order valence-electron chi connectivity index (χ2n) is 4.30. The van der Waals surface area contributed by atoms with Crippen molar-refractivity contribution in [2.75, 3.05) is 20.4 Å². The zero-order valence-electron chi connectivity index (χ0n) is 10.9. The van der Waals surface area contributed by atoms with Crippen LogP contribution in [0.25, 0.3) is 10.9 Å². The normalized spacial score (nSPS) is 14.4. The molecule has 6 heteroatoms. The Balaban J connectivity index is 2.01. The molecular formula is C13H16NO4P. The Morgan fingerprint density at radius 2 is 2.11 bits per heavy atom. The van der Waals surface area contributed by atoms with Gasteiger partial charge in [-0.3, -0.25) is 9.36 Å². The van der Waals surface area contributed by atoms with Gasteiger partial charge in [0.1, 0.15) is 6.61 Å². The van der Waals surface area contributed by atoms with Gasteiger partial charge in [0.25, 0.3) is 0 Å². The van der Waals surface area contributed by atoms with Crippen LogP contribution in [0.3, 0.4) is 0 Å². The number of carbonyl (C=O) groups is 1. The third-order valence-corrected chi connectivity index (χ3v) is 4.12. The number of benzene rings is 1. The van der Waals surface area contributed by atoms with E-state index < -0.39 is 7.60 Å². The predicted molar refractivity (Wildman–Crippen MR) is 73.5 cm³/mol. The summed E-state index contributed by atoms with van der Waals surface area (Å²) in [5.41, 5.74) is 1.90. The topological polar surface area (TPSA) is 68.4 Å². The molecule has 0 saturated carbocycles. The fourth-order valence-electron chi connectivity index (χ4n) is 1.78. The maximum atomic E-state index is 11.8. The molecule has 0 spiro atoms. The van der Waals surface area contributed by atoms with Crippen LogP contribution in [0, 0.1) is 0 Å². The third kappa shape index (κ3) is 3.53. The van der Waals surface area contributed by atoms with Gasteiger partial charge < -0.3 is 14.0 Å². The molecule has 1 atom stereocenters. The Morgan fingerprint density at radius 1 is 1.37 bits per heavy atom. The standard InChI is InChI=1S/C13H16NO4P/c1-17-19(2,16)18-9-11(15)7-10-8-14-13-6-4-3-5-12(10)13/h3-6,8,14H,7,9H2,1-2H3. The Labute approximate surface area is 111 Å². The smallest absolute Gasteiger partial charge is 0.327 e. The summed E-state index contributed by atoms with van der Waals surface area (Å²) in [6.45, 7) is 1.13. The summed E-state index contributed by atoms with van der Waals surface area (Å²) < 4.78 is 21.1. The highest BCUT2D eigenvalue weighted by molar-refractivity contribution is 7.52. The molecule has 0 amide bonds. The summed E-state index contributed by atoms with van der Waals surface area (Å²) in [5, 5.41) is 1.02. The number of Topliss-reactive ketones (excluding diaryl/α,β-unsaturated/α-hetero) is 1. The van der Waals surface area contributed by atoms with Crippen LogP contribution in [0.2, 0.25) is 0 Å². The van der Waals surface area contributed by atoms with Crippen molar-refractivity contribution in [1.82, 2.24) is 4.98 Å². The summed E-state index contributed by atoms with van der Waals surface area (Å²) in [4.78, 5) is 14.9. The van der Waals surface area contributed by atoms with Gasteiger partial charge in [0.05, 0.1) is 0 Å². The van der Waals surface area contributed by atoms with E-state index in [0.29, 0.717) is 0 Å². The van der Waals surface area contributed by atoms with Gasteiger partial charge in [-0.05, 0) is 11.6 Å². The Hall–Kier alpha value is -1.42. The summed E-state index contributed by atoms with van der Waals surface area (Å²) in [7, 11) is -1.80. The maximum Gasteiger partial charge on any atom is 0.327 e. The van der Waals surface area contributed by atoms with Gasteiger partial charge in [-0.1, -0.05) is 18.2 Å². The van der Waals surface area contributed by atoms with Gasteiger partial charge in [-0.25, -0.2) is 0 Å². The molecule has 0 radical (unpaired) electrons. The van der Waals surface area contributed by atoms with Gasteiger partial charge in [0, 0.05) is 37.3 Å². The van der Waals surface area contributed by atoms with Crippen LogP contribution in [0.1, 0.15) is 5.56 Å². The molecular weight excluding hydrogens is 265 g/mol. The monoisotopic (exact) mass is 281 g/mol. The number of para-hydroxylation sites is 1. The number of nitrogens with one attached hydrogen (secondary N) is 1. The van der Waals surface area contributed by atoms with E-state index in [1.165, 1.54) is 13.8 Å². The number of fused-ring (bicyclic) bond motifs is 1. The Morgan fingerprint density at radius 3 is 2.84 bits per heavy atom. The van der Waals surface area contributed by atoms with Crippen LogP contribution in [0.5, 0.6) is 0 Å². The van der Waals surface area contributed by atoms with E-state index in [1.54, 1.807) is 0 Å². The van der Waals surface area contributed by atoms with Gasteiger partial charge in [0.15, 0.2) is 5.78 Å². The number of carbonyl (C=O) groups excluding carboxylic acids is 1. The molecule has 102 valence electrons. The summed E-state index contributed by atoms with van der Waals surface area (Å²) >= 11 is 0. The predicted octanol–water partition coefficient (Wildman–Crippen LogP) is 2.77. The van der Waals surface area contributed by atoms with Gasteiger partial charge in [-0.2, -0.15) is 0 Å². The zero-order chi connectivity index (χ0) is 13.9. The van der Waals surface area contributed by atoms with Crippen molar-refractivity contribution in [1.29, 1.82) is 0 Å². The minimum Gasteiger partial charge on any atom is -0.361 e. The number of H-pyrrole nitrogens is 1. The molecule has 0 saturated heterocycles. The molecule has 1 unspecified atom stereocenters. The minimum absolute atomic E-state index is 0.135. The second-order valence-corrected chi connectivity index (χ2v) is 6.47. The highest BCUT2D eigenvalue weighted by atomic mass is 31.2. The van der Waals surface area contributed by atoms with E-state index in [9.17, 15) is 9.36 Å². The SMILES string of the molecule is COP(C)(=O)OCC(=O)Cc1c[nH]c2ccccc12. The number of hydrogen-bond acceptors (Lipinski definition) is 4. The van der Waals surface area contributed by atoms with Crippen molar-refractivity contribution in [3.05, 3.63) is 36.0 Å². The molecule has 2 aromatic rings. The molecule has 0 aliphatic heterocycles. The highest BCUT2D eigenvalue weighted by Crippen LogP contribution is 2.42. The van der Waals surface area contributed by atoms with Crippen LogP contribution in [0.15, 0.2) is 30.5 Å². The number of rotatable bonds is 6. The molecule has 1 aromatic heterocycles. The van der Waals surface area contributed by atoms with E-state index >= 15 is 0 Å². The second kappa shape index (κ2) is 5.70. The largest absolute Gasteiger partial charge is 0.361 e. The lowest BCUT2D eigenvalue weighted by molar-refractivity contribution is -0.120. The minimum atomic E-state index is -3.09. The van der Waals surface area contributed by atoms with E-state index in [4.69, 9.17) is 4.52 Å². The first-order valence-corrected chi connectivity index (χ1v) is 7.85. The first-order chi connectivity index (χ1) is 9.02. The van der Waals surface area contributed by atoms with Crippen LogP contribution in [-0.2, 0) is 24.8 Å². The third-order valence-electron chi connectivity index (χ3n) is 2.85. The lowest BCUT2D eigenvalue weighted by Crippen LogP contribution is -2.10. The van der Waals surface area contributed by atoms with Crippen molar-refractivity contribution < 1.29 is 18.4 Å². The first-order valence-electron chi connectivity index (χ1n) is 5.86.